The lowest BCUT2D eigenvalue weighted by Crippen LogP contribution is -2.43. The number of rotatable bonds is 6. The van der Waals surface area contributed by atoms with Crippen molar-refractivity contribution in [2.24, 2.45) is 5.92 Å². The third-order valence-electron chi connectivity index (χ3n) is 5.19. The molecule has 4 nitrogen and oxygen atoms in total. The highest BCUT2D eigenvalue weighted by molar-refractivity contribution is 6.31. The lowest BCUT2D eigenvalue weighted by atomic mass is 9.95. The molecule has 0 aliphatic carbocycles. The first-order valence-electron chi connectivity index (χ1n) is 9.47. The number of piperidine rings is 1. The maximum absolute atomic E-state index is 12.8. The summed E-state index contributed by atoms with van der Waals surface area (Å²) in [5.41, 5.74) is 2.11. The molecule has 3 rings (SSSR count). The summed E-state index contributed by atoms with van der Waals surface area (Å²) in [6, 6.07) is 15.6. The van der Waals surface area contributed by atoms with Crippen molar-refractivity contribution in [1.82, 2.24) is 10.2 Å². The van der Waals surface area contributed by atoms with E-state index >= 15 is 0 Å². The quantitative estimate of drug-likeness (QED) is 0.798. The Morgan fingerprint density at radius 1 is 1.26 bits per heavy atom. The highest BCUT2D eigenvalue weighted by Gasteiger charge is 2.27. The lowest BCUT2D eigenvalue weighted by molar-refractivity contribution is -0.127. The van der Waals surface area contributed by atoms with E-state index in [2.05, 4.69) is 16.3 Å². The summed E-state index contributed by atoms with van der Waals surface area (Å²) in [4.78, 5) is 15.2. The fraction of sp³-hybridized carbons (Fsp3) is 0.409. The van der Waals surface area contributed by atoms with E-state index in [0.29, 0.717) is 0 Å². The van der Waals surface area contributed by atoms with Gasteiger partial charge in [-0.05, 0) is 44.0 Å². The van der Waals surface area contributed by atoms with Gasteiger partial charge in [0.15, 0.2) is 0 Å². The summed E-state index contributed by atoms with van der Waals surface area (Å²) in [5, 5.41) is 3.95. The van der Waals surface area contributed by atoms with Gasteiger partial charge in [0.1, 0.15) is 5.75 Å². The topological polar surface area (TPSA) is 41.6 Å². The number of methoxy groups -OCH3 is 1. The zero-order valence-electron chi connectivity index (χ0n) is 16.0. The Labute approximate surface area is 166 Å². The van der Waals surface area contributed by atoms with Crippen molar-refractivity contribution in [3.05, 3.63) is 64.7 Å². The van der Waals surface area contributed by atoms with Crippen molar-refractivity contribution in [1.29, 1.82) is 0 Å². The van der Waals surface area contributed by atoms with E-state index in [-0.39, 0.29) is 17.9 Å². The van der Waals surface area contributed by atoms with Crippen molar-refractivity contribution >= 4 is 17.5 Å². The first-order valence-corrected chi connectivity index (χ1v) is 9.85. The maximum Gasteiger partial charge on any atom is 0.224 e. The number of carbonyl (C=O) groups excluding carboxylic acids is 1. The summed E-state index contributed by atoms with van der Waals surface area (Å²) < 4.78 is 5.42. The molecular formula is C22H27ClN2O2. The fourth-order valence-corrected chi connectivity index (χ4v) is 3.91. The molecule has 5 heteroatoms. The molecule has 1 amide bonds. The van der Waals surface area contributed by atoms with Gasteiger partial charge in [0, 0.05) is 23.7 Å². The van der Waals surface area contributed by atoms with Gasteiger partial charge in [-0.2, -0.15) is 0 Å². The molecular weight excluding hydrogens is 360 g/mol. The molecule has 0 unspecified atom stereocenters. The summed E-state index contributed by atoms with van der Waals surface area (Å²) >= 11 is 6.29. The predicted molar refractivity (Wildman–Crippen MR) is 109 cm³/mol. The number of carbonyl (C=O) groups is 1. The van der Waals surface area contributed by atoms with Crippen LogP contribution in [0.25, 0.3) is 0 Å². The molecule has 144 valence electrons. The van der Waals surface area contributed by atoms with E-state index in [1.165, 1.54) is 0 Å². The van der Waals surface area contributed by atoms with Gasteiger partial charge in [-0.3, -0.25) is 9.69 Å². The van der Waals surface area contributed by atoms with Crippen LogP contribution in [-0.4, -0.2) is 31.0 Å². The largest absolute Gasteiger partial charge is 0.496 e. The summed E-state index contributed by atoms with van der Waals surface area (Å²) in [6.45, 7) is 4.54. The molecule has 1 N–H and O–H groups in total. The molecule has 1 fully saturated rings. The maximum atomic E-state index is 12.8. The van der Waals surface area contributed by atoms with Gasteiger partial charge in [-0.25, -0.2) is 0 Å². The number of amides is 1. The van der Waals surface area contributed by atoms with Gasteiger partial charge < -0.3 is 10.1 Å². The molecule has 0 radical (unpaired) electrons. The van der Waals surface area contributed by atoms with E-state index in [1.807, 2.05) is 49.4 Å². The molecule has 0 bridgehead atoms. The number of hydrogen-bond acceptors (Lipinski definition) is 3. The van der Waals surface area contributed by atoms with Crippen molar-refractivity contribution in [2.45, 2.75) is 32.4 Å². The Morgan fingerprint density at radius 3 is 2.78 bits per heavy atom. The van der Waals surface area contributed by atoms with E-state index in [1.54, 1.807) is 7.11 Å². The molecule has 1 saturated heterocycles. The van der Waals surface area contributed by atoms with Crippen molar-refractivity contribution in [2.75, 3.05) is 20.2 Å². The molecule has 2 aromatic carbocycles. The molecule has 0 saturated carbocycles. The van der Waals surface area contributed by atoms with Crippen LogP contribution in [0.1, 0.15) is 36.9 Å². The highest BCUT2D eigenvalue weighted by atomic mass is 35.5. The molecule has 1 aliphatic heterocycles. The molecule has 2 atom stereocenters. The Hall–Kier alpha value is -2.04. The second-order valence-corrected chi connectivity index (χ2v) is 7.55. The number of benzene rings is 2. The predicted octanol–water partition coefficient (Wildman–Crippen LogP) is 4.44. The third kappa shape index (κ3) is 5.02. The van der Waals surface area contributed by atoms with Crippen LogP contribution >= 0.6 is 11.6 Å². The van der Waals surface area contributed by atoms with Crippen LogP contribution in [0, 0.1) is 5.92 Å². The van der Waals surface area contributed by atoms with E-state index < -0.39 is 0 Å². The Balaban J connectivity index is 1.60. The Bertz CT molecular complexity index is 780. The monoisotopic (exact) mass is 386 g/mol. The molecule has 27 heavy (non-hydrogen) atoms. The van der Waals surface area contributed by atoms with Crippen LogP contribution in [0.2, 0.25) is 5.02 Å². The van der Waals surface area contributed by atoms with Gasteiger partial charge in [0.05, 0.1) is 19.1 Å². The second kappa shape index (κ2) is 9.25. The number of likely N-dealkylation sites (tertiary alicyclic amines) is 1. The Morgan fingerprint density at radius 2 is 2.00 bits per heavy atom. The van der Waals surface area contributed by atoms with Crippen molar-refractivity contribution in [3.63, 3.8) is 0 Å². The van der Waals surface area contributed by atoms with Gasteiger partial charge in [-0.15, -0.1) is 0 Å². The molecule has 0 spiro atoms. The lowest BCUT2D eigenvalue weighted by Gasteiger charge is -2.33. The van der Waals surface area contributed by atoms with Crippen LogP contribution < -0.4 is 10.1 Å². The zero-order chi connectivity index (χ0) is 19.2. The van der Waals surface area contributed by atoms with Crippen LogP contribution in [0.4, 0.5) is 0 Å². The number of ether oxygens (including phenoxy) is 1. The first kappa shape index (κ1) is 19.7. The highest BCUT2D eigenvalue weighted by Crippen LogP contribution is 2.26. The number of halogens is 1. The molecule has 1 heterocycles. The van der Waals surface area contributed by atoms with Crippen LogP contribution in [0.5, 0.6) is 5.75 Å². The van der Waals surface area contributed by atoms with Crippen LogP contribution in [-0.2, 0) is 11.3 Å². The number of para-hydroxylation sites is 1. The van der Waals surface area contributed by atoms with E-state index in [4.69, 9.17) is 16.3 Å². The minimum absolute atomic E-state index is 0.00149. The molecule has 1 aliphatic rings. The number of hydrogen-bond donors (Lipinski definition) is 1. The minimum atomic E-state index is -0.0902. The summed E-state index contributed by atoms with van der Waals surface area (Å²) in [6.07, 6.45) is 1.94. The molecule has 2 aromatic rings. The SMILES string of the molecule is COc1ccccc1[C@H](C)NC(=O)[C@H]1CCCN(Cc2ccccc2Cl)C1. The van der Waals surface area contributed by atoms with Gasteiger partial charge in [0.2, 0.25) is 5.91 Å². The molecule has 0 aromatic heterocycles. The average Bonchev–Trinajstić information content (AvgIpc) is 2.70. The van der Waals surface area contributed by atoms with Crippen molar-refractivity contribution < 1.29 is 9.53 Å². The zero-order valence-corrected chi connectivity index (χ0v) is 16.7. The van der Waals surface area contributed by atoms with Gasteiger partial charge >= 0.3 is 0 Å². The minimum Gasteiger partial charge on any atom is -0.496 e. The van der Waals surface area contributed by atoms with E-state index in [0.717, 1.165) is 54.4 Å². The smallest absolute Gasteiger partial charge is 0.224 e. The Kier molecular flexibility index (Phi) is 6.75. The summed E-state index contributed by atoms with van der Waals surface area (Å²) in [7, 11) is 1.65. The first-order chi connectivity index (χ1) is 13.1. The van der Waals surface area contributed by atoms with Crippen LogP contribution in [0.3, 0.4) is 0 Å². The number of nitrogens with zero attached hydrogens (tertiary/aromatic N) is 1. The normalized spacial score (nSPS) is 18.7. The second-order valence-electron chi connectivity index (χ2n) is 7.14. The van der Waals surface area contributed by atoms with Crippen LogP contribution in [0.15, 0.2) is 48.5 Å². The van der Waals surface area contributed by atoms with E-state index in [9.17, 15) is 4.79 Å². The summed E-state index contributed by atoms with van der Waals surface area (Å²) in [5.74, 6) is 0.907. The standard InChI is InChI=1S/C22H27ClN2O2/c1-16(19-10-4-6-12-21(19)27-2)24-22(26)18-9-7-13-25(15-18)14-17-8-3-5-11-20(17)23/h3-6,8,10-12,16,18H,7,9,13-15H2,1-2H3,(H,24,26)/t16-,18-/m0/s1. The van der Waals surface area contributed by atoms with Gasteiger partial charge in [0.25, 0.3) is 0 Å². The third-order valence-corrected chi connectivity index (χ3v) is 5.56. The fourth-order valence-electron chi connectivity index (χ4n) is 3.71. The van der Waals surface area contributed by atoms with Gasteiger partial charge in [-0.1, -0.05) is 48.0 Å². The van der Waals surface area contributed by atoms with Crippen molar-refractivity contribution in [3.8, 4) is 5.75 Å². The number of nitrogens with one attached hydrogen (secondary N) is 1. The average molecular weight is 387 g/mol.